The molecule has 1 aliphatic heterocycles. The van der Waals surface area contributed by atoms with Crippen LogP contribution < -0.4 is 5.73 Å². The Morgan fingerprint density at radius 1 is 1.38 bits per heavy atom. The molecule has 4 nitrogen and oxygen atoms in total. The van der Waals surface area contributed by atoms with Gasteiger partial charge >= 0.3 is 0 Å². The molecule has 1 rings (SSSR count). The van der Waals surface area contributed by atoms with Gasteiger partial charge in [-0.2, -0.15) is 0 Å². The minimum absolute atomic E-state index is 0.632. The van der Waals surface area contributed by atoms with Crippen LogP contribution in [0.15, 0.2) is 4.99 Å². The van der Waals surface area contributed by atoms with Crippen molar-refractivity contribution >= 4 is 5.96 Å². The summed E-state index contributed by atoms with van der Waals surface area (Å²) in [7, 11) is 3.84. The van der Waals surface area contributed by atoms with Crippen molar-refractivity contribution in [2.24, 2.45) is 16.6 Å². The van der Waals surface area contributed by atoms with Gasteiger partial charge in [0, 0.05) is 20.6 Å². The van der Waals surface area contributed by atoms with E-state index in [2.05, 4.69) is 16.8 Å². The lowest BCUT2D eigenvalue weighted by Crippen LogP contribution is -2.34. The van der Waals surface area contributed by atoms with E-state index in [-0.39, 0.29) is 0 Å². The van der Waals surface area contributed by atoms with Crippen molar-refractivity contribution in [3.8, 4) is 0 Å². The molecule has 1 fully saturated rings. The van der Waals surface area contributed by atoms with Crippen molar-refractivity contribution in [2.75, 3.05) is 40.3 Å². The Labute approximate surface area is 99.5 Å². The first-order valence-electron chi connectivity index (χ1n) is 6.29. The first-order chi connectivity index (χ1) is 7.59. The number of nitrogens with zero attached hydrogens (tertiary/aromatic N) is 3. The van der Waals surface area contributed by atoms with Gasteiger partial charge in [0.2, 0.25) is 0 Å². The monoisotopic (exact) mass is 226 g/mol. The number of nitrogens with two attached hydrogens (primary N) is 1. The highest BCUT2D eigenvalue weighted by atomic mass is 15.2. The normalized spacial score (nSPS) is 20.1. The minimum atomic E-state index is 0.632. The Kier molecular flexibility index (Phi) is 5.60. The van der Waals surface area contributed by atoms with Gasteiger partial charge in [-0.05, 0) is 44.8 Å². The van der Waals surface area contributed by atoms with Gasteiger partial charge in [0.05, 0.1) is 0 Å². The van der Waals surface area contributed by atoms with E-state index < -0.39 is 0 Å². The van der Waals surface area contributed by atoms with E-state index >= 15 is 0 Å². The van der Waals surface area contributed by atoms with E-state index in [1.807, 2.05) is 19.0 Å². The Hall–Kier alpha value is -0.770. The summed E-state index contributed by atoms with van der Waals surface area (Å²) in [6, 6.07) is 0. The number of rotatable bonds is 4. The Morgan fingerprint density at radius 3 is 2.56 bits per heavy atom. The average molecular weight is 226 g/mol. The molecule has 0 saturated carbocycles. The first kappa shape index (κ1) is 13.3. The predicted octanol–water partition coefficient (Wildman–Crippen LogP) is 0.985. The highest BCUT2D eigenvalue weighted by Gasteiger charge is 2.14. The van der Waals surface area contributed by atoms with Crippen LogP contribution in [0.4, 0.5) is 0 Å². The zero-order chi connectivity index (χ0) is 12.0. The van der Waals surface area contributed by atoms with Gasteiger partial charge in [-0.25, -0.2) is 0 Å². The molecule has 1 saturated heterocycles. The molecule has 0 spiro atoms. The molecule has 1 aliphatic rings. The molecule has 0 bridgehead atoms. The highest BCUT2D eigenvalue weighted by molar-refractivity contribution is 5.77. The maximum absolute atomic E-state index is 5.72. The quantitative estimate of drug-likeness (QED) is 0.441. The fourth-order valence-corrected chi connectivity index (χ4v) is 1.92. The van der Waals surface area contributed by atoms with Gasteiger partial charge in [-0.1, -0.05) is 6.92 Å². The molecule has 0 amide bonds. The number of likely N-dealkylation sites (tertiary alicyclic amines) is 1. The predicted molar refractivity (Wildman–Crippen MR) is 69.6 cm³/mol. The van der Waals surface area contributed by atoms with E-state index in [1.165, 1.54) is 25.9 Å². The van der Waals surface area contributed by atoms with Gasteiger partial charge in [-0.15, -0.1) is 0 Å². The lowest BCUT2D eigenvalue weighted by atomic mass is 9.99. The molecule has 2 N–H and O–H groups in total. The molecule has 0 aromatic rings. The highest BCUT2D eigenvalue weighted by Crippen LogP contribution is 2.15. The van der Waals surface area contributed by atoms with Gasteiger partial charge in [0.25, 0.3) is 0 Å². The van der Waals surface area contributed by atoms with Crippen LogP contribution >= 0.6 is 0 Å². The van der Waals surface area contributed by atoms with E-state index in [0.29, 0.717) is 5.96 Å². The van der Waals surface area contributed by atoms with E-state index in [0.717, 1.165) is 25.4 Å². The number of hydrogen-bond acceptors (Lipinski definition) is 2. The van der Waals surface area contributed by atoms with Crippen LogP contribution in [-0.2, 0) is 0 Å². The second-order valence-corrected chi connectivity index (χ2v) is 5.01. The second kappa shape index (κ2) is 6.74. The molecular weight excluding hydrogens is 200 g/mol. The Bertz CT molecular complexity index is 217. The topological polar surface area (TPSA) is 44.9 Å². The van der Waals surface area contributed by atoms with E-state index in [9.17, 15) is 0 Å². The van der Waals surface area contributed by atoms with Crippen molar-refractivity contribution in [3.63, 3.8) is 0 Å². The number of aliphatic imine (C=N–C) groups is 1. The van der Waals surface area contributed by atoms with Crippen LogP contribution in [0.3, 0.4) is 0 Å². The lowest BCUT2D eigenvalue weighted by Gasteiger charge is -2.29. The Balaban J connectivity index is 2.09. The second-order valence-electron chi connectivity index (χ2n) is 5.01. The van der Waals surface area contributed by atoms with Gasteiger partial charge in [0.15, 0.2) is 5.96 Å². The first-order valence-corrected chi connectivity index (χ1v) is 6.29. The molecular formula is C12H26N4. The van der Waals surface area contributed by atoms with Gasteiger partial charge < -0.3 is 15.5 Å². The lowest BCUT2D eigenvalue weighted by molar-refractivity contribution is 0.191. The molecule has 4 heteroatoms. The standard InChI is InChI=1S/C12H26N4/c1-11-5-9-16(10-6-11)8-4-7-14-12(13)15(2)3/h11H,4-10H2,1-3H3,(H2,13,14). The smallest absolute Gasteiger partial charge is 0.190 e. The molecule has 0 atom stereocenters. The summed E-state index contributed by atoms with van der Waals surface area (Å²) in [6.45, 7) is 6.87. The SMILES string of the molecule is CC1CCN(CCCN=C(N)N(C)C)CC1. The zero-order valence-electron chi connectivity index (χ0n) is 10.9. The fourth-order valence-electron chi connectivity index (χ4n) is 1.92. The average Bonchev–Trinajstić information content (AvgIpc) is 2.26. The summed E-state index contributed by atoms with van der Waals surface area (Å²) in [5, 5.41) is 0. The summed E-state index contributed by atoms with van der Waals surface area (Å²) in [5.41, 5.74) is 5.72. The van der Waals surface area contributed by atoms with Crippen molar-refractivity contribution in [2.45, 2.75) is 26.2 Å². The number of guanidine groups is 1. The fraction of sp³-hybridized carbons (Fsp3) is 0.917. The largest absolute Gasteiger partial charge is 0.370 e. The zero-order valence-corrected chi connectivity index (χ0v) is 10.9. The molecule has 0 aromatic heterocycles. The minimum Gasteiger partial charge on any atom is -0.370 e. The van der Waals surface area contributed by atoms with Crippen LogP contribution in [-0.4, -0.2) is 56.0 Å². The van der Waals surface area contributed by atoms with Crippen LogP contribution in [0.5, 0.6) is 0 Å². The summed E-state index contributed by atoms with van der Waals surface area (Å²) >= 11 is 0. The van der Waals surface area contributed by atoms with E-state index in [1.54, 1.807) is 0 Å². The molecule has 0 unspecified atom stereocenters. The third kappa shape index (κ3) is 4.84. The summed E-state index contributed by atoms with van der Waals surface area (Å²) in [4.78, 5) is 8.71. The van der Waals surface area contributed by atoms with E-state index in [4.69, 9.17) is 5.73 Å². The maximum atomic E-state index is 5.72. The van der Waals surface area contributed by atoms with Crippen LogP contribution in [0.1, 0.15) is 26.2 Å². The number of hydrogen-bond donors (Lipinski definition) is 1. The molecule has 0 aromatic carbocycles. The molecule has 0 radical (unpaired) electrons. The maximum Gasteiger partial charge on any atom is 0.190 e. The number of piperidine rings is 1. The molecule has 1 heterocycles. The van der Waals surface area contributed by atoms with Crippen molar-refractivity contribution < 1.29 is 0 Å². The van der Waals surface area contributed by atoms with Crippen molar-refractivity contribution in [1.82, 2.24) is 9.80 Å². The summed E-state index contributed by atoms with van der Waals surface area (Å²) in [5.74, 6) is 1.55. The Morgan fingerprint density at radius 2 is 2.00 bits per heavy atom. The summed E-state index contributed by atoms with van der Waals surface area (Å²) < 4.78 is 0. The third-order valence-electron chi connectivity index (χ3n) is 3.24. The van der Waals surface area contributed by atoms with Gasteiger partial charge in [-0.3, -0.25) is 4.99 Å². The third-order valence-corrected chi connectivity index (χ3v) is 3.24. The van der Waals surface area contributed by atoms with Gasteiger partial charge in [0.1, 0.15) is 0 Å². The van der Waals surface area contributed by atoms with Crippen LogP contribution in [0.25, 0.3) is 0 Å². The van der Waals surface area contributed by atoms with Crippen molar-refractivity contribution in [3.05, 3.63) is 0 Å². The van der Waals surface area contributed by atoms with Crippen LogP contribution in [0, 0.1) is 5.92 Å². The summed E-state index contributed by atoms with van der Waals surface area (Å²) in [6.07, 6.45) is 3.81. The molecule has 0 aliphatic carbocycles. The van der Waals surface area contributed by atoms with Crippen LogP contribution in [0.2, 0.25) is 0 Å². The molecule has 94 valence electrons. The molecule has 16 heavy (non-hydrogen) atoms. The van der Waals surface area contributed by atoms with Crippen molar-refractivity contribution in [1.29, 1.82) is 0 Å².